The Morgan fingerprint density at radius 2 is 1.72 bits per heavy atom. The number of aryl methyl sites for hydroxylation is 2. The van der Waals surface area contributed by atoms with Crippen molar-refractivity contribution in [3.8, 4) is 0 Å². The number of hydrogen-bond acceptors (Lipinski definition) is 3. The fourth-order valence-electron chi connectivity index (χ4n) is 3.17. The molecule has 1 aromatic heterocycles. The van der Waals surface area contributed by atoms with E-state index in [9.17, 15) is 13.6 Å². The van der Waals surface area contributed by atoms with Crippen LogP contribution in [0.15, 0.2) is 24.3 Å². The molecule has 0 unspecified atom stereocenters. The Hall–Kier alpha value is -2.28. The molecule has 134 valence electrons. The number of nitrogens with zero attached hydrogens (tertiary/aromatic N) is 4. The maximum absolute atomic E-state index is 13.8. The largest absolute Gasteiger partial charge is 0.336 e. The minimum absolute atomic E-state index is 0.460. The summed E-state index contributed by atoms with van der Waals surface area (Å²) in [5.41, 5.74) is 1.67. The third kappa shape index (κ3) is 3.87. The molecule has 1 saturated heterocycles. The van der Waals surface area contributed by atoms with Crippen molar-refractivity contribution in [2.24, 2.45) is 0 Å². The lowest BCUT2D eigenvalue weighted by atomic mass is 10.1. The van der Waals surface area contributed by atoms with Crippen molar-refractivity contribution in [2.75, 3.05) is 32.7 Å². The van der Waals surface area contributed by atoms with Crippen molar-refractivity contribution >= 4 is 5.91 Å². The molecule has 0 saturated carbocycles. The van der Waals surface area contributed by atoms with Crippen LogP contribution in [0, 0.1) is 25.5 Å². The highest BCUT2D eigenvalue weighted by Gasteiger charge is 2.26. The molecular formula is C18H22F2N4O. The van der Waals surface area contributed by atoms with E-state index in [1.54, 1.807) is 0 Å². The molecule has 2 heterocycles. The van der Waals surface area contributed by atoms with Gasteiger partial charge in [-0.3, -0.25) is 14.4 Å². The monoisotopic (exact) mass is 348 g/mol. The second-order valence-electron chi connectivity index (χ2n) is 6.38. The SMILES string of the molecule is Cc1cc(C)n(CCN2CCN(C(=O)c3c(F)cccc3F)CC2)n1. The summed E-state index contributed by atoms with van der Waals surface area (Å²) in [6, 6.07) is 5.53. The van der Waals surface area contributed by atoms with Crippen molar-refractivity contribution in [3.05, 3.63) is 52.9 Å². The lowest BCUT2D eigenvalue weighted by Gasteiger charge is -2.34. The Bertz CT molecular complexity index is 746. The summed E-state index contributed by atoms with van der Waals surface area (Å²) in [5.74, 6) is -2.19. The van der Waals surface area contributed by atoms with Crippen molar-refractivity contribution < 1.29 is 13.6 Å². The Balaban J connectivity index is 1.55. The quantitative estimate of drug-likeness (QED) is 0.851. The van der Waals surface area contributed by atoms with Gasteiger partial charge in [0.15, 0.2) is 0 Å². The van der Waals surface area contributed by atoms with E-state index in [-0.39, 0.29) is 0 Å². The van der Waals surface area contributed by atoms with Gasteiger partial charge in [-0.1, -0.05) is 6.07 Å². The second kappa shape index (κ2) is 7.31. The number of aromatic nitrogens is 2. The number of carbonyl (C=O) groups excluding carboxylic acids is 1. The van der Waals surface area contributed by atoms with Gasteiger partial charge in [0.1, 0.15) is 17.2 Å². The normalized spacial score (nSPS) is 15.6. The fraction of sp³-hybridized carbons (Fsp3) is 0.444. The van der Waals surface area contributed by atoms with Crippen LogP contribution in [-0.2, 0) is 6.54 Å². The molecule has 5 nitrogen and oxygen atoms in total. The number of piperazine rings is 1. The summed E-state index contributed by atoms with van der Waals surface area (Å²) in [6.45, 7) is 7.90. The summed E-state index contributed by atoms with van der Waals surface area (Å²) < 4.78 is 29.5. The topological polar surface area (TPSA) is 41.4 Å². The molecule has 1 amide bonds. The van der Waals surface area contributed by atoms with Gasteiger partial charge in [0.05, 0.1) is 12.2 Å². The van der Waals surface area contributed by atoms with E-state index < -0.39 is 23.1 Å². The second-order valence-corrected chi connectivity index (χ2v) is 6.38. The van der Waals surface area contributed by atoms with E-state index in [2.05, 4.69) is 10.00 Å². The Kier molecular flexibility index (Phi) is 5.13. The summed E-state index contributed by atoms with van der Waals surface area (Å²) in [4.78, 5) is 16.1. The first-order chi connectivity index (χ1) is 12.0. The molecule has 1 aromatic carbocycles. The maximum Gasteiger partial charge on any atom is 0.259 e. The number of carbonyl (C=O) groups is 1. The molecule has 25 heavy (non-hydrogen) atoms. The molecule has 1 aliphatic heterocycles. The highest BCUT2D eigenvalue weighted by atomic mass is 19.1. The number of halogens is 2. The number of benzene rings is 1. The third-order valence-electron chi connectivity index (χ3n) is 4.57. The van der Waals surface area contributed by atoms with Gasteiger partial charge in [-0.25, -0.2) is 8.78 Å². The van der Waals surface area contributed by atoms with Gasteiger partial charge in [-0.2, -0.15) is 5.10 Å². The first-order valence-corrected chi connectivity index (χ1v) is 8.42. The van der Waals surface area contributed by atoms with Crippen LogP contribution in [0.3, 0.4) is 0 Å². The zero-order valence-corrected chi connectivity index (χ0v) is 14.5. The Morgan fingerprint density at radius 1 is 1.08 bits per heavy atom. The first-order valence-electron chi connectivity index (χ1n) is 8.42. The predicted molar refractivity (Wildman–Crippen MR) is 90.4 cm³/mol. The van der Waals surface area contributed by atoms with Gasteiger partial charge in [-0.15, -0.1) is 0 Å². The van der Waals surface area contributed by atoms with Crippen LogP contribution in [0.2, 0.25) is 0 Å². The third-order valence-corrected chi connectivity index (χ3v) is 4.57. The molecule has 1 aliphatic rings. The zero-order valence-electron chi connectivity index (χ0n) is 14.5. The van der Waals surface area contributed by atoms with Crippen LogP contribution in [0.25, 0.3) is 0 Å². The molecule has 0 atom stereocenters. The maximum atomic E-state index is 13.8. The van der Waals surface area contributed by atoms with E-state index in [1.165, 1.54) is 11.0 Å². The van der Waals surface area contributed by atoms with Gasteiger partial charge in [-0.05, 0) is 32.0 Å². The Labute approximate surface area is 145 Å². The minimum Gasteiger partial charge on any atom is -0.336 e. The molecule has 7 heteroatoms. The zero-order chi connectivity index (χ0) is 18.0. The average Bonchev–Trinajstić information content (AvgIpc) is 2.90. The van der Waals surface area contributed by atoms with Crippen LogP contribution < -0.4 is 0 Å². The van der Waals surface area contributed by atoms with Crippen LogP contribution in [-0.4, -0.2) is 58.2 Å². The summed E-state index contributed by atoms with van der Waals surface area (Å²) in [7, 11) is 0. The van der Waals surface area contributed by atoms with Gasteiger partial charge in [0, 0.05) is 38.4 Å². The van der Waals surface area contributed by atoms with E-state index in [0.29, 0.717) is 26.2 Å². The molecular weight excluding hydrogens is 326 g/mol. The Morgan fingerprint density at radius 3 is 2.28 bits per heavy atom. The summed E-state index contributed by atoms with van der Waals surface area (Å²) in [5, 5.41) is 4.44. The number of hydrogen-bond donors (Lipinski definition) is 0. The highest BCUT2D eigenvalue weighted by molar-refractivity contribution is 5.94. The van der Waals surface area contributed by atoms with Crippen LogP contribution >= 0.6 is 0 Å². The molecule has 0 radical (unpaired) electrons. The van der Waals surface area contributed by atoms with Crippen molar-refractivity contribution in [2.45, 2.75) is 20.4 Å². The van der Waals surface area contributed by atoms with Crippen molar-refractivity contribution in [1.29, 1.82) is 0 Å². The molecule has 0 aliphatic carbocycles. The van der Waals surface area contributed by atoms with Crippen LogP contribution in [0.4, 0.5) is 8.78 Å². The van der Waals surface area contributed by atoms with Gasteiger partial charge < -0.3 is 4.90 Å². The average molecular weight is 348 g/mol. The van der Waals surface area contributed by atoms with Gasteiger partial charge in [0.2, 0.25) is 0 Å². The first kappa shape index (κ1) is 17.5. The summed E-state index contributed by atoms with van der Waals surface area (Å²) >= 11 is 0. The molecule has 0 bridgehead atoms. The standard InChI is InChI=1S/C18H22F2N4O/c1-13-12-14(2)24(21-13)11-8-22-6-9-23(10-7-22)18(25)17-15(19)4-3-5-16(17)20/h3-5,12H,6-11H2,1-2H3. The molecule has 3 rings (SSSR count). The van der Waals surface area contributed by atoms with Gasteiger partial charge >= 0.3 is 0 Å². The predicted octanol–water partition coefficient (Wildman–Crippen LogP) is 2.24. The number of rotatable bonds is 4. The lowest BCUT2D eigenvalue weighted by molar-refractivity contribution is 0.0622. The van der Waals surface area contributed by atoms with E-state index in [4.69, 9.17) is 0 Å². The number of amides is 1. The molecule has 1 fully saturated rings. The van der Waals surface area contributed by atoms with Gasteiger partial charge in [0.25, 0.3) is 5.91 Å². The molecule has 0 spiro atoms. The smallest absolute Gasteiger partial charge is 0.259 e. The molecule has 0 N–H and O–H groups in total. The van der Waals surface area contributed by atoms with E-state index >= 15 is 0 Å². The van der Waals surface area contributed by atoms with Crippen molar-refractivity contribution in [1.82, 2.24) is 19.6 Å². The van der Waals surface area contributed by atoms with E-state index in [0.717, 1.165) is 36.6 Å². The van der Waals surface area contributed by atoms with Crippen LogP contribution in [0.1, 0.15) is 21.7 Å². The van der Waals surface area contributed by atoms with Crippen molar-refractivity contribution in [3.63, 3.8) is 0 Å². The van der Waals surface area contributed by atoms with E-state index in [1.807, 2.05) is 24.6 Å². The highest BCUT2D eigenvalue weighted by Crippen LogP contribution is 2.16. The minimum atomic E-state index is -0.808. The lowest BCUT2D eigenvalue weighted by Crippen LogP contribution is -2.49. The fourth-order valence-corrected chi connectivity index (χ4v) is 3.17. The van der Waals surface area contributed by atoms with Crippen LogP contribution in [0.5, 0.6) is 0 Å². The molecule has 2 aromatic rings. The summed E-state index contributed by atoms with van der Waals surface area (Å²) in [6.07, 6.45) is 0.